The molecule has 2 heterocycles. The topological polar surface area (TPSA) is 41.3 Å². The van der Waals surface area contributed by atoms with Gasteiger partial charge in [-0.25, -0.2) is 0 Å². The summed E-state index contributed by atoms with van der Waals surface area (Å²) < 4.78 is 5.77. The Morgan fingerprint density at radius 1 is 1.32 bits per heavy atom. The first-order chi connectivity index (χ1) is 9.19. The summed E-state index contributed by atoms with van der Waals surface area (Å²) in [6.07, 6.45) is 1.82. The van der Waals surface area contributed by atoms with Gasteiger partial charge in [-0.1, -0.05) is 6.07 Å². The Morgan fingerprint density at radius 2 is 2.16 bits per heavy atom. The van der Waals surface area contributed by atoms with Crippen LogP contribution in [0, 0.1) is 6.92 Å². The average molecular weight is 259 g/mol. The number of aromatic nitrogens is 1. The van der Waals surface area contributed by atoms with Gasteiger partial charge in [0.1, 0.15) is 11.5 Å². The molecule has 0 unspecified atom stereocenters. The summed E-state index contributed by atoms with van der Waals surface area (Å²) >= 11 is 0. The van der Waals surface area contributed by atoms with E-state index in [0.717, 1.165) is 36.8 Å². The maximum atomic E-state index is 5.77. The minimum absolute atomic E-state index is 0.793. The molecule has 0 atom stereocenters. The minimum atomic E-state index is 0.793. The van der Waals surface area contributed by atoms with Crippen molar-refractivity contribution in [2.45, 2.75) is 26.6 Å². The summed E-state index contributed by atoms with van der Waals surface area (Å²) in [6, 6.07) is 8.11. The molecule has 0 amide bonds. The van der Waals surface area contributed by atoms with Crippen LogP contribution in [-0.4, -0.2) is 24.0 Å². The highest BCUT2D eigenvalue weighted by Crippen LogP contribution is 2.16. The van der Waals surface area contributed by atoms with E-state index >= 15 is 0 Å². The second-order valence-corrected chi connectivity index (χ2v) is 4.82. The first-order valence-corrected chi connectivity index (χ1v) is 6.50. The molecule has 0 aliphatic carbocycles. The van der Waals surface area contributed by atoms with Gasteiger partial charge in [-0.05, 0) is 39.2 Å². The highest BCUT2D eigenvalue weighted by atomic mass is 16.3. The number of pyridine rings is 1. The van der Waals surface area contributed by atoms with Crippen molar-refractivity contribution in [2.75, 3.05) is 14.1 Å². The van der Waals surface area contributed by atoms with E-state index in [4.69, 9.17) is 4.42 Å². The Balaban J connectivity index is 1.95. The van der Waals surface area contributed by atoms with Crippen LogP contribution in [0.2, 0.25) is 0 Å². The molecule has 0 bridgehead atoms. The molecule has 2 aromatic heterocycles. The Hall–Kier alpha value is -1.65. The van der Waals surface area contributed by atoms with E-state index in [1.807, 2.05) is 38.4 Å². The molecule has 0 radical (unpaired) electrons. The number of rotatable bonds is 6. The molecule has 4 nitrogen and oxygen atoms in total. The second-order valence-electron chi connectivity index (χ2n) is 4.82. The third-order valence-corrected chi connectivity index (χ3v) is 3.02. The van der Waals surface area contributed by atoms with Crippen LogP contribution < -0.4 is 5.32 Å². The molecular weight excluding hydrogens is 238 g/mol. The quantitative estimate of drug-likeness (QED) is 0.864. The van der Waals surface area contributed by atoms with Crippen molar-refractivity contribution in [1.82, 2.24) is 15.2 Å². The molecule has 0 fully saturated rings. The fraction of sp³-hybridized carbons (Fsp3) is 0.400. The van der Waals surface area contributed by atoms with Crippen molar-refractivity contribution in [3.05, 3.63) is 53.2 Å². The van der Waals surface area contributed by atoms with Crippen molar-refractivity contribution in [2.24, 2.45) is 0 Å². The van der Waals surface area contributed by atoms with E-state index in [-0.39, 0.29) is 0 Å². The zero-order valence-corrected chi connectivity index (χ0v) is 11.8. The highest BCUT2D eigenvalue weighted by Gasteiger charge is 2.09. The fourth-order valence-electron chi connectivity index (χ4n) is 2.12. The molecule has 102 valence electrons. The van der Waals surface area contributed by atoms with Crippen LogP contribution in [0.25, 0.3) is 0 Å². The van der Waals surface area contributed by atoms with Crippen LogP contribution in [0.5, 0.6) is 0 Å². The predicted octanol–water partition coefficient (Wildman–Crippen LogP) is 2.33. The van der Waals surface area contributed by atoms with Crippen molar-refractivity contribution in [3.8, 4) is 0 Å². The van der Waals surface area contributed by atoms with E-state index in [0.29, 0.717) is 0 Å². The van der Waals surface area contributed by atoms with Gasteiger partial charge in [-0.15, -0.1) is 0 Å². The Labute approximate surface area is 114 Å². The molecule has 0 saturated heterocycles. The third-order valence-electron chi connectivity index (χ3n) is 3.02. The monoisotopic (exact) mass is 259 g/mol. The number of hydrogen-bond acceptors (Lipinski definition) is 4. The van der Waals surface area contributed by atoms with Crippen LogP contribution in [0.15, 0.2) is 34.9 Å². The van der Waals surface area contributed by atoms with Gasteiger partial charge in [0.15, 0.2) is 0 Å². The third kappa shape index (κ3) is 3.91. The summed E-state index contributed by atoms with van der Waals surface area (Å²) in [5.41, 5.74) is 2.30. The zero-order chi connectivity index (χ0) is 13.7. The summed E-state index contributed by atoms with van der Waals surface area (Å²) in [4.78, 5) is 6.53. The SMILES string of the molecule is CNCc1cc(CN(C)Cc2ccccn2)oc1C. The molecular formula is C15H21N3O. The van der Waals surface area contributed by atoms with Gasteiger partial charge >= 0.3 is 0 Å². The number of nitrogens with one attached hydrogen (secondary N) is 1. The molecule has 0 aliphatic heterocycles. The Morgan fingerprint density at radius 3 is 2.84 bits per heavy atom. The molecule has 0 spiro atoms. The fourth-order valence-corrected chi connectivity index (χ4v) is 2.12. The number of nitrogens with zero attached hydrogens (tertiary/aromatic N) is 2. The molecule has 1 N–H and O–H groups in total. The predicted molar refractivity (Wildman–Crippen MR) is 75.6 cm³/mol. The van der Waals surface area contributed by atoms with Crippen LogP contribution in [0.3, 0.4) is 0 Å². The number of hydrogen-bond donors (Lipinski definition) is 1. The van der Waals surface area contributed by atoms with Gasteiger partial charge in [0.25, 0.3) is 0 Å². The molecule has 0 aromatic carbocycles. The molecule has 2 rings (SSSR count). The van der Waals surface area contributed by atoms with Crippen LogP contribution in [0.1, 0.15) is 22.8 Å². The lowest BCUT2D eigenvalue weighted by molar-refractivity contribution is 0.282. The molecule has 19 heavy (non-hydrogen) atoms. The largest absolute Gasteiger partial charge is 0.465 e. The van der Waals surface area contributed by atoms with E-state index in [9.17, 15) is 0 Å². The van der Waals surface area contributed by atoms with Crippen molar-refractivity contribution in [1.29, 1.82) is 0 Å². The molecule has 0 aliphatic rings. The van der Waals surface area contributed by atoms with Gasteiger partial charge in [0.05, 0.1) is 12.2 Å². The lowest BCUT2D eigenvalue weighted by atomic mass is 10.2. The number of aryl methyl sites for hydroxylation is 1. The van der Waals surface area contributed by atoms with E-state index in [2.05, 4.69) is 28.3 Å². The lowest BCUT2D eigenvalue weighted by Gasteiger charge is -2.14. The maximum absolute atomic E-state index is 5.77. The minimum Gasteiger partial charge on any atom is -0.465 e. The van der Waals surface area contributed by atoms with Crippen molar-refractivity contribution < 1.29 is 4.42 Å². The molecule has 0 saturated carbocycles. The highest BCUT2D eigenvalue weighted by molar-refractivity contribution is 5.20. The van der Waals surface area contributed by atoms with Crippen molar-refractivity contribution >= 4 is 0 Å². The summed E-state index contributed by atoms with van der Waals surface area (Å²) in [5, 5.41) is 3.15. The van der Waals surface area contributed by atoms with E-state index in [1.165, 1.54) is 5.56 Å². The lowest BCUT2D eigenvalue weighted by Crippen LogP contribution is -2.17. The molecule has 4 heteroatoms. The summed E-state index contributed by atoms with van der Waals surface area (Å²) in [7, 11) is 4.02. The van der Waals surface area contributed by atoms with Gasteiger partial charge in [0, 0.05) is 24.8 Å². The normalized spacial score (nSPS) is 11.2. The average Bonchev–Trinajstić information content (AvgIpc) is 2.71. The van der Waals surface area contributed by atoms with E-state index in [1.54, 1.807) is 0 Å². The van der Waals surface area contributed by atoms with Crippen molar-refractivity contribution in [3.63, 3.8) is 0 Å². The second kappa shape index (κ2) is 6.50. The summed E-state index contributed by atoms with van der Waals surface area (Å²) in [5.74, 6) is 2.00. The van der Waals surface area contributed by atoms with Gasteiger partial charge in [-0.3, -0.25) is 9.88 Å². The standard InChI is InChI=1S/C15H21N3O/c1-12-13(9-16-2)8-15(19-12)11-18(3)10-14-6-4-5-7-17-14/h4-8,16H,9-11H2,1-3H3. The van der Waals surface area contributed by atoms with Crippen LogP contribution >= 0.6 is 0 Å². The first kappa shape index (κ1) is 13.8. The zero-order valence-electron chi connectivity index (χ0n) is 11.8. The Kier molecular flexibility index (Phi) is 4.71. The van der Waals surface area contributed by atoms with Gasteiger partial charge in [0.2, 0.25) is 0 Å². The van der Waals surface area contributed by atoms with Gasteiger partial charge in [-0.2, -0.15) is 0 Å². The van der Waals surface area contributed by atoms with Gasteiger partial charge < -0.3 is 9.73 Å². The summed E-state index contributed by atoms with van der Waals surface area (Å²) in [6.45, 7) is 4.47. The number of furan rings is 1. The maximum Gasteiger partial charge on any atom is 0.118 e. The van der Waals surface area contributed by atoms with Crippen LogP contribution in [0.4, 0.5) is 0 Å². The first-order valence-electron chi connectivity index (χ1n) is 6.50. The molecule has 2 aromatic rings. The smallest absolute Gasteiger partial charge is 0.118 e. The Bertz CT molecular complexity index is 507. The van der Waals surface area contributed by atoms with Crippen LogP contribution in [-0.2, 0) is 19.6 Å². The van der Waals surface area contributed by atoms with E-state index < -0.39 is 0 Å².